The molecular formula is C23H26N4O3S. The lowest BCUT2D eigenvalue weighted by Crippen LogP contribution is -2.46. The molecule has 0 spiro atoms. The van der Waals surface area contributed by atoms with E-state index in [-0.39, 0.29) is 23.3 Å². The molecule has 2 fully saturated rings. The van der Waals surface area contributed by atoms with Crippen LogP contribution in [0.1, 0.15) is 25.7 Å². The summed E-state index contributed by atoms with van der Waals surface area (Å²) < 4.78 is 28.2. The summed E-state index contributed by atoms with van der Waals surface area (Å²) in [5, 5.41) is 0. The van der Waals surface area contributed by atoms with Crippen molar-refractivity contribution in [2.75, 3.05) is 26.2 Å². The zero-order valence-corrected chi connectivity index (χ0v) is 18.1. The molecule has 7 nitrogen and oxygen atoms in total. The number of piperidine rings is 1. The minimum atomic E-state index is -3.68. The van der Waals surface area contributed by atoms with Crippen LogP contribution >= 0.6 is 0 Å². The molecule has 2 aromatic carbocycles. The highest BCUT2D eigenvalue weighted by atomic mass is 32.2. The highest BCUT2D eigenvalue weighted by Gasteiger charge is 2.35. The summed E-state index contributed by atoms with van der Waals surface area (Å²) in [4.78, 5) is 22.8. The number of aromatic amines is 1. The van der Waals surface area contributed by atoms with E-state index < -0.39 is 10.0 Å². The van der Waals surface area contributed by atoms with Gasteiger partial charge in [-0.2, -0.15) is 4.31 Å². The minimum Gasteiger partial charge on any atom is -0.342 e. The lowest BCUT2D eigenvalue weighted by Gasteiger charge is -2.33. The maximum absolute atomic E-state index is 13.4. The number of sulfonamides is 1. The number of carbonyl (C=O) groups excluding carboxylic acids is 1. The van der Waals surface area contributed by atoms with E-state index in [9.17, 15) is 13.2 Å². The molecule has 5 rings (SSSR count). The second-order valence-electron chi connectivity index (χ2n) is 8.36. The van der Waals surface area contributed by atoms with Crippen LogP contribution < -0.4 is 0 Å². The fraction of sp³-hybridized carbons (Fsp3) is 0.391. The van der Waals surface area contributed by atoms with Crippen molar-refractivity contribution in [1.82, 2.24) is 19.2 Å². The van der Waals surface area contributed by atoms with Crippen LogP contribution in [-0.4, -0.2) is 59.7 Å². The van der Waals surface area contributed by atoms with E-state index in [0.717, 1.165) is 43.4 Å². The number of hydrogen-bond donors (Lipinski definition) is 1. The third-order valence-corrected chi connectivity index (χ3v) is 8.15. The Kier molecular flexibility index (Phi) is 5.27. The molecule has 1 atom stereocenters. The number of fused-ring (bicyclic) bond motifs is 1. The van der Waals surface area contributed by atoms with Crippen molar-refractivity contribution in [3.8, 4) is 11.4 Å². The predicted octanol–water partition coefficient (Wildman–Crippen LogP) is 3.25. The maximum Gasteiger partial charge on any atom is 0.243 e. The maximum atomic E-state index is 13.4. The SMILES string of the molecule is O=C([C@@H]1CCCN(S(=O)(=O)c2ccc3nc(-c4ccccc4)[nH]c3c2)C1)N1CCCC1. The Morgan fingerprint density at radius 2 is 1.77 bits per heavy atom. The molecule has 3 aromatic rings. The Morgan fingerprint density at radius 3 is 2.55 bits per heavy atom. The number of imidazole rings is 1. The Labute approximate surface area is 182 Å². The summed E-state index contributed by atoms with van der Waals surface area (Å²) in [7, 11) is -3.68. The first-order valence-corrected chi connectivity index (χ1v) is 12.3. The second kappa shape index (κ2) is 8.09. The molecule has 0 radical (unpaired) electrons. The first-order chi connectivity index (χ1) is 15.0. The molecule has 31 heavy (non-hydrogen) atoms. The Balaban J connectivity index is 1.39. The van der Waals surface area contributed by atoms with Crippen molar-refractivity contribution in [3.05, 3.63) is 48.5 Å². The van der Waals surface area contributed by atoms with Crippen LogP contribution in [0, 0.1) is 5.92 Å². The third-order valence-electron chi connectivity index (χ3n) is 6.29. The van der Waals surface area contributed by atoms with E-state index in [1.54, 1.807) is 18.2 Å². The predicted molar refractivity (Wildman–Crippen MR) is 119 cm³/mol. The van der Waals surface area contributed by atoms with E-state index in [0.29, 0.717) is 24.3 Å². The topological polar surface area (TPSA) is 86.4 Å². The van der Waals surface area contributed by atoms with Gasteiger partial charge in [0.1, 0.15) is 5.82 Å². The monoisotopic (exact) mass is 438 g/mol. The van der Waals surface area contributed by atoms with E-state index in [1.807, 2.05) is 35.2 Å². The summed E-state index contributed by atoms with van der Waals surface area (Å²) in [5.41, 5.74) is 2.35. The fourth-order valence-corrected chi connectivity index (χ4v) is 6.14. The number of benzene rings is 2. The first-order valence-electron chi connectivity index (χ1n) is 10.9. The second-order valence-corrected chi connectivity index (χ2v) is 10.3. The van der Waals surface area contributed by atoms with Gasteiger partial charge in [0.05, 0.1) is 21.8 Å². The average Bonchev–Trinajstić information content (AvgIpc) is 3.49. The summed E-state index contributed by atoms with van der Waals surface area (Å²) in [6.07, 6.45) is 3.53. The van der Waals surface area contributed by atoms with Crippen LogP contribution in [0.3, 0.4) is 0 Å². The lowest BCUT2D eigenvalue weighted by molar-refractivity contribution is -0.135. The van der Waals surface area contributed by atoms with Crippen molar-refractivity contribution in [2.24, 2.45) is 5.92 Å². The van der Waals surface area contributed by atoms with Crippen LogP contribution in [0.15, 0.2) is 53.4 Å². The van der Waals surface area contributed by atoms with Gasteiger partial charge in [0, 0.05) is 31.7 Å². The Bertz CT molecular complexity index is 1200. The van der Waals surface area contributed by atoms with Gasteiger partial charge in [-0.15, -0.1) is 0 Å². The number of aromatic nitrogens is 2. The molecule has 0 unspecified atom stereocenters. The molecule has 0 aliphatic carbocycles. The van der Waals surface area contributed by atoms with E-state index in [1.165, 1.54) is 4.31 Å². The third kappa shape index (κ3) is 3.85. The number of hydrogen-bond acceptors (Lipinski definition) is 4. The van der Waals surface area contributed by atoms with Gasteiger partial charge < -0.3 is 9.88 Å². The number of nitrogens with one attached hydrogen (secondary N) is 1. The van der Waals surface area contributed by atoms with Crippen molar-refractivity contribution in [1.29, 1.82) is 0 Å². The van der Waals surface area contributed by atoms with Crippen molar-refractivity contribution in [3.63, 3.8) is 0 Å². The standard InChI is InChI=1S/C23H26N4O3S/c28-23(26-12-4-5-13-26)18-9-6-14-27(16-18)31(29,30)19-10-11-20-21(15-19)25-22(24-20)17-7-2-1-3-8-17/h1-3,7-8,10-11,15,18H,4-6,9,12-14,16H2,(H,24,25)/t18-/m1/s1. The van der Waals surface area contributed by atoms with Crippen LogP contribution in [0.25, 0.3) is 22.4 Å². The first kappa shape index (κ1) is 20.2. The van der Waals surface area contributed by atoms with Gasteiger partial charge in [0.2, 0.25) is 15.9 Å². The largest absolute Gasteiger partial charge is 0.342 e. The van der Waals surface area contributed by atoms with Crippen LogP contribution in [-0.2, 0) is 14.8 Å². The Hall–Kier alpha value is -2.71. The molecule has 1 N–H and O–H groups in total. The molecule has 0 saturated carbocycles. The molecule has 2 saturated heterocycles. The number of carbonyl (C=O) groups is 1. The van der Waals surface area contributed by atoms with Crippen LogP contribution in [0.4, 0.5) is 0 Å². The van der Waals surface area contributed by atoms with Gasteiger partial charge in [-0.05, 0) is 43.9 Å². The van der Waals surface area contributed by atoms with Gasteiger partial charge >= 0.3 is 0 Å². The number of nitrogens with zero attached hydrogens (tertiary/aromatic N) is 3. The molecule has 3 heterocycles. The fourth-order valence-electron chi connectivity index (χ4n) is 4.59. The van der Waals surface area contributed by atoms with Gasteiger partial charge in [-0.3, -0.25) is 4.79 Å². The molecular weight excluding hydrogens is 412 g/mol. The minimum absolute atomic E-state index is 0.105. The number of likely N-dealkylation sites (tertiary alicyclic amines) is 1. The molecule has 1 amide bonds. The van der Waals surface area contributed by atoms with Gasteiger partial charge in [-0.1, -0.05) is 30.3 Å². The summed E-state index contributed by atoms with van der Waals surface area (Å²) in [6, 6.07) is 14.7. The molecule has 2 aliphatic heterocycles. The molecule has 162 valence electrons. The molecule has 2 aliphatic rings. The summed E-state index contributed by atoms with van der Waals surface area (Å²) >= 11 is 0. The number of H-pyrrole nitrogens is 1. The van der Waals surface area contributed by atoms with Gasteiger partial charge in [0.15, 0.2) is 0 Å². The van der Waals surface area contributed by atoms with Gasteiger partial charge in [-0.25, -0.2) is 13.4 Å². The molecule has 0 bridgehead atoms. The van der Waals surface area contributed by atoms with Crippen LogP contribution in [0.5, 0.6) is 0 Å². The lowest BCUT2D eigenvalue weighted by atomic mass is 9.98. The quantitative estimate of drug-likeness (QED) is 0.677. The van der Waals surface area contributed by atoms with E-state index >= 15 is 0 Å². The summed E-state index contributed by atoms with van der Waals surface area (Å²) in [6.45, 7) is 2.29. The molecule has 8 heteroatoms. The highest BCUT2D eigenvalue weighted by Crippen LogP contribution is 2.28. The molecule has 1 aromatic heterocycles. The smallest absolute Gasteiger partial charge is 0.243 e. The van der Waals surface area contributed by atoms with Crippen molar-refractivity contribution >= 4 is 27.0 Å². The normalized spacial score (nSPS) is 20.4. The average molecular weight is 439 g/mol. The Morgan fingerprint density at radius 1 is 1.00 bits per heavy atom. The van der Waals surface area contributed by atoms with Crippen LogP contribution in [0.2, 0.25) is 0 Å². The van der Waals surface area contributed by atoms with E-state index in [2.05, 4.69) is 9.97 Å². The zero-order valence-electron chi connectivity index (χ0n) is 17.3. The highest BCUT2D eigenvalue weighted by molar-refractivity contribution is 7.89. The number of rotatable bonds is 4. The van der Waals surface area contributed by atoms with Gasteiger partial charge in [0.25, 0.3) is 0 Å². The van der Waals surface area contributed by atoms with Crippen molar-refractivity contribution < 1.29 is 13.2 Å². The zero-order chi connectivity index (χ0) is 21.4. The van der Waals surface area contributed by atoms with E-state index in [4.69, 9.17) is 0 Å². The summed E-state index contributed by atoms with van der Waals surface area (Å²) in [5.74, 6) is 0.565. The van der Waals surface area contributed by atoms with Crippen molar-refractivity contribution in [2.45, 2.75) is 30.6 Å². The number of amides is 1.